The number of carbonyl (C=O) groups excluding carboxylic acids is 2. The molecule has 0 radical (unpaired) electrons. The minimum absolute atomic E-state index is 0.218. The molecule has 2 rings (SSSR count). The summed E-state index contributed by atoms with van der Waals surface area (Å²) in [5, 5.41) is 8.79. The van der Waals surface area contributed by atoms with Gasteiger partial charge in [-0.15, -0.1) is 0 Å². The van der Waals surface area contributed by atoms with Crippen molar-refractivity contribution in [2.75, 3.05) is 32.8 Å². The molecular formula is C14H24N4O3. The van der Waals surface area contributed by atoms with Gasteiger partial charge in [-0.1, -0.05) is 0 Å². The highest BCUT2D eigenvalue weighted by Gasteiger charge is 2.28. The summed E-state index contributed by atoms with van der Waals surface area (Å²) in [6.07, 6.45) is 0. The van der Waals surface area contributed by atoms with Crippen LogP contribution in [0.4, 0.5) is 4.79 Å². The van der Waals surface area contributed by atoms with Gasteiger partial charge in [0.15, 0.2) is 0 Å². The Morgan fingerprint density at radius 1 is 1.43 bits per heavy atom. The predicted molar refractivity (Wildman–Crippen MR) is 78.7 cm³/mol. The van der Waals surface area contributed by atoms with Gasteiger partial charge in [0.2, 0.25) is 0 Å². The first-order chi connectivity index (χ1) is 10.0. The van der Waals surface area contributed by atoms with Crippen LogP contribution in [0.3, 0.4) is 0 Å². The van der Waals surface area contributed by atoms with E-state index in [2.05, 4.69) is 34.7 Å². The van der Waals surface area contributed by atoms with Gasteiger partial charge < -0.3 is 20.7 Å². The van der Waals surface area contributed by atoms with E-state index in [9.17, 15) is 9.59 Å². The molecule has 7 heteroatoms. The molecule has 2 heterocycles. The van der Waals surface area contributed by atoms with Gasteiger partial charge in [-0.05, 0) is 20.8 Å². The number of rotatable bonds is 4. The van der Waals surface area contributed by atoms with E-state index in [0.717, 1.165) is 13.1 Å². The molecule has 1 fully saturated rings. The highest BCUT2D eigenvalue weighted by atomic mass is 16.5. The zero-order valence-corrected chi connectivity index (χ0v) is 12.9. The topological polar surface area (TPSA) is 82.7 Å². The second kappa shape index (κ2) is 6.91. The molecule has 7 nitrogen and oxygen atoms in total. The maximum absolute atomic E-state index is 12.0. The van der Waals surface area contributed by atoms with Crippen molar-refractivity contribution >= 4 is 12.0 Å². The molecule has 0 aromatic rings. The lowest BCUT2D eigenvalue weighted by molar-refractivity contribution is -0.138. The minimum Gasteiger partial charge on any atom is -0.463 e. The van der Waals surface area contributed by atoms with E-state index in [4.69, 9.17) is 4.74 Å². The van der Waals surface area contributed by atoms with Crippen LogP contribution in [-0.4, -0.2) is 61.8 Å². The molecule has 2 unspecified atom stereocenters. The molecule has 2 atom stereocenters. The molecule has 3 N–H and O–H groups in total. The summed E-state index contributed by atoms with van der Waals surface area (Å²) in [4.78, 5) is 25.8. The van der Waals surface area contributed by atoms with Gasteiger partial charge in [0.1, 0.15) is 0 Å². The molecule has 0 aromatic heterocycles. The Hall–Kier alpha value is -1.60. The standard InChI is InChI=1S/C14H24N4O3/c1-4-21-13(19)11-6-16-14(20)17-12(11)8-18-7-9(2)15-5-10(18)3/h9-10,15H,4-8H2,1-3H3,(H2,16,17,20). The summed E-state index contributed by atoms with van der Waals surface area (Å²) in [5.41, 5.74) is 1.16. The van der Waals surface area contributed by atoms with Gasteiger partial charge >= 0.3 is 12.0 Å². The van der Waals surface area contributed by atoms with Crippen LogP contribution in [0.1, 0.15) is 20.8 Å². The van der Waals surface area contributed by atoms with Crippen molar-refractivity contribution in [1.29, 1.82) is 0 Å². The number of amides is 2. The van der Waals surface area contributed by atoms with E-state index in [0.29, 0.717) is 36.5 Å². The summed E-state index contributed by atoms with van der Waals surface area (Å²) in [5.74, 6) is -0.365. The van der Waals surface area contributed by atoms with Crippen LogP contribution in [0.5, 0.6) is 0 Å². The fourth-order valence-corrected chi connectivity index (χ4v) is 2.60. The molecule has 21 heavy (non-hydrogen) atoms. The van der Waals surface area contributed by atoms with Gasteiger partial charge in [0.05, 0.1) is 18.7 Å². The van der Waals surface area contributed by atoms with Crippen LogP contribution in [-0.2, 0) is 9.53 Å². The fourth-order valence-electron chi connectivity index (χ4n) is 2.60. The van der Waals surface area contributed by atoms with Gasteiger partial charge in [-0.3, -0.25) is 4.90 Å². The predicted octanol–water partition coefficient (Wildman–Crippen LogP) is -0.201. The lowest BCUT2D eigenvalue weighted by Crippen LogP contribution is -2.56. The third-order valence-corrected chi connectivity index (χ3v) is 3.83. The molecule has 0 saturated carbocycles. The number of esters is 1. The SMILES string of the molecule is CCOC(=O)C1=C(CN2CC(C)NCC2C)NC(=O)NC1. The molecule has 2 aliphatic heterocycles. The third kappa shape index (κ3) is 3.95. The fraction of sp³-hybridized carbons (Fsp3) is 0.714. The van der Waals surface area contributed by atoms with Crippen molar-refractivity contribution < 1.29 is 14.3 Å². The van der Waals surface area contributed by atoms with E-state index in [1.807, 2.05) is 0 Å². The van der Waals surface area contributed by atoms with Crippen LogP contribution in [0.15, 0.2) is 11.3 Å². The average Bonchev–Trinajstić information content (AvgIpc) is 2.43. The molecule has 0 aliphatic carbocycles. The monoisotopic (exact) mass is 296 g/mol. The normalized spacial score (nSPS) is 27.1. The smallest absolute Gasteiger partial charge is 0.337 e. The molecule has 2 amide bonds. The number of piperazine rings is 1. The molecule has 0 bridgehead atoms. The molecule has 0 spiro atoms. The summed E-state index contributed by atoms with van der Waals surface area (Å²) in [6, 6.07) is 0.475. The molecule has 0 aromatic carbocycles. The first-order valence-electron chi connectivity index (χ1n) is 7.42. The van der Waals surface area contributed by atoms with Crippen LogP contribution in [0.25, 0.3) is 0 Å². The second-order valence-corrected chi connectivity index (χ2v) is 5.57. The minimum atomic E-state index is -0.365. The van der Waals surface area contributed by atoms with Crippen molar-refractivity contribution in [3.05, 3.63) is 11.3 Å². The van der Waals surface area contributed by atoms with Crippen molar-refractivity contribution in [2.45, 2.75) is 32.9 Å². The number of hydrogen-bond donors (Lipinski definition) is 3. The van der Waals surface area contributed by atoms with Gasteiger partial charge in [0.25, 0.3) is 0 Å². The Morgan fingerprint density at radius 3 is 2.90 bits per heavy atom. The van der Waals surface area contributed by atoms with Gasteiger partial charge in [-0.2, -0.15) is 0 Å². The van der Waals surface area contributed by atoms with E-state index in [-0.39, 0.29) is 18.5 Å². The van der Waals surface area contributed by atoms with Crippen molar-refractivity contribution in [3.8, 4) is 0 Å². The first-order valence-corrected chi connectivity index (χ1v) is 7.42. The number of ether oxygens (including phenoxy) is 1. The second-order valence-electron chi connectivity index (χ2n) is 5.57. The highest BCUT2D eigenvalue weighted by molar-refractivity contribution is 5.93. The Labute approximate surface area is 125 Å². The van der Waals surface area contributed by atoms with E-state index < -0.39 is 0 Å². The maximum atomic E-state index is 12.0. The van der Waals surface area contributed by atoms with E-state index >= 15 is 0 Å². The lowest BCUT2D eigenvalue weighted by atomic mass is 10.1. The van der Waals surface area contributed by atoms with E-state index in [1.54, 1.807) is 6.92 Å². The van der Waals surface area contributed by atoms with Crippen LogP contribution < -0.4 is 16.0 Å². The number of hydrogen-bond acceptors (Lipinski definition) is 5. The molecular weight excluding hydrogens is 272 g/mol. The first kappa shape index (κ1) is 15.8. The summed E-state index contributed by atoms with van der Waals surface area (Å²) < 4.78 is 5.07. The zero-order chi connectivity index (χ0) is 15.4. The maximum Gasteiger partial charge on any atom is 0.337 e. The highest BCUT2D eigenvalue weighted by Crippen LogP contribution is 2.14. The van der Waals surface area contributed by atoms with Crippen LogP contribution >= 0.6 is 0 Å². The Balaban J connectivity index is 2.15. The number of nitrogens with zero attached hydrogens (tertiary/aromatic N) is 1. The quantitative estimate of drug-likeness (QED) is 0.626. The summed E-state index contributed by atoms with van der Waals surface area (Å²) >= 11 is 0. The largest absolute Gasteiger partial charge is 0.463 e. The van der Waals surface area contributed by atoms with E-state index in [1.165, 1.54) is 0 Å². The Morgan fingerprint density at radius 2 is 2.19 bits per heavy atom. The zero-order valence-electron chi connectivity index (χ0n) is 12.9. The van der Waals surface area contributed by atoms with Gasteiger partial charge in [0, 0.05) is 37.4 Å². The average molecular weight is 296 g/mol. The van der Waals surface area contributed by atoms with Crippen molar-refractivity contribution in [2.24, 2.45) is 0 Å². The lowest BCUT2D eigenvalue weighted by Gasteiger charge is -2.38. The van der Waals surface area contributed by atoms with Crippen LogP contribution in [0, 0.1) is 0 Å². The Kier molecular flexibility index (Phi) is 5.19. The number of nitrogens with one attached hydrogen (secondary N) is 3. The third-order valence-electron chi connectivity index (χ3n) is 3.83. The number of urea groups is 1. The van der Waals surface area contributed by atoms with Gasteiger partial charge in [-0.25, -0.2) is 9.59 Å². The molecule has 2 aliphatic rings. The Bertz CT molecular complexity index is 450. The molecule has 118 valence electrons. The molecule has 1 saturated heterocycles. The number of carbonyl (C=O) groups is 2. The summed E-state index contributed by atoms with van der Waals surface area (Å²) in [6.45, 7) is 8.90. The summed E-state index contributed by atoms with van der Waals surface area (Å²) in [7, 11) is 0. The van der Waals surface area contributed by atoms with Crippen molar-refractivity contribution in [3.63, 3.8) is 0 Å². The van der Waals surface area contributed by atoms with Crippen LogP contribution in [0.2, 0.25) is 0 Å². The van der Waals surface area contributed by atoms with Crippen molar-refractivity contribution in [1.82, 2.24) is 20.9 Å².